The summed E-state index contributed by atoms with van der Waals surface area (Å²) in [6, 6.07) is 16.2. The average molecular weight is 409 g/mol. The summed E-state index contributed by atoms with van der Waals surface area (Å²) in [5.74, 6) is -0.964. The number of urea groups is 1. The Morgan fingerprint density at radius 1 is 1.03 bits per heavy atom. The third-order valence-corrected chi connectivity index (χ3v) is 5.49. The molecule has 1 heterocycles. The van der Waals surface area contributed by atoms with Crippen molar-refractivity contribution < 1.29 is 14.4 Å². The fraction of sp³-hybridized carbons (Fsp3) is 0.348. The van der Waals surface area contributed by atoms with Gasteiger partial charge in [0.2, 0.25) is 0 Å². The molecule has 0 aliphatic carbocycles. The van der Waals surface area contributed by atoms with E-state index in [1.54, 1.807) is 19.1 Å². The van der Waals surface area contributed by atoms with Gasteiger partial charge in [-0.15, -0.1) is 0 Å². The van der Waals surface area contributed by atoms with Gasteiger partial charge < -0.3 is 10.2 Å². The second-order valence-electron chi connectivity index (χ2n) is 7.55. The Bertz CT molecular complexity index is 910. The standard InChI is InChI=1S/C23H28N4O3/c1-4-26(5-2)19-13-11-18(12-14-19)20(28)25-27-21(29)23(3,24-22(27)30)16-15-17-9-7-6-8-10-17/h6-14H,4-5,15-16H2,1-3H3,(H,24,30)(H,25,28). The van der Waals surface area contributed by atoms with Gasteiger partial charge in [-0.05, 0) is 63.4 Å². The van der Waals surface area contributed by atoms with Crippen molar-refractivity contribution >= 4 is 23.5 Å². The zero-order valence-electron chi connectivity index (χ0n) is 17.6. The Labute approximate surface area is 177 Å². The van der Waals surface area contributed by atoms with Gasteiger partial charge in [-0.1, -0.05) is 30.3 Å². The largest absolute Gasteiger partial charge is 0.372 e. The van der Waals surface area contributed by atoms with Crippen LogP contribution in [0.2, 0.25) is 0 Å². The Morgan fingerprint density at radius 3 is 2.27 bits per heavy atom. The Balaban J connectivity index is 1.65. The molecule has 2 N–H and O–H groups in total. The summed E-state index contributed by atoms with van der Waals surface area (Å²) >= 11 is 0. The minimum atomic E-state index is -1.06. The normalized spacial score (nSPS) is 18.3. The van der Waals surface area contributed by atoms with Crippen LogP contribution in [0.15, 0.2) is 54.6 Å². The number of anilines is 1. The number of hydrogen-bond donors (Lipinski definition) is 2. The van der Waals surface area contributed by atoms with Crippen molar-refractivity contribution in [1.82, 2.24) is 15.8 Å². The second kappa shape index (κ2) is 8.98. The third kappa shape index (κ3) is 4.45. The van der Waals surface area contributed by atoms with Crippen molar-refractivity contribution in [2.24, 2.45) is 0 Å². The van der Waals surface area contributed by atoms with Crippen LogP contribution in [0.4, 0.5) is 10.5 Å². The molecule has 2 aromatic carbocycles. The number of hydrogen-bond acceptors (Lipinski definition) is 4. The van der Waals surface area contributed by atoms with Crippen LogP contribution < -0.4 is 15.6 Å². The van der Waals surface area contributed by atoms with Crippen molar-refractivity contribution in [3.8, 4) is 0 Å². The van der Waals surface area contributed by atoms with Gasteiger partial charge in [0.25, 0.3) is 11.8 Å². The number of nitrogens with zero attached hydrogens (tertiary/aromatic N) is 2. The molecule has 158 valence electrons. The summed E-state index contributed by atoms with van der Waals surface area (Å²) in [5, 5.41) is 3.50. The molecule has 7 heteroatoms. The number of aryl methyl sites for hydroxylation is 1. The van der Waals surface area contributed by atoms with Crippen molar-refractivity contribution in [2.45, 2.75) is 39.2 Å². The van der Waals surface area contributed by atoms with E-state index >= 15 is 0 Å². The highest BCUT2D eigenvalue weighted by atomic mass is 16.2. The summed E-state index contributed by atoms with van der Waals surface area (Å²) < 4.78 is 0. The van der Waals surface area contributed by atoms with Gasteiger partial charge in [0.1, 0.15) is 5.54 Å². The topological polar surface area (TPSA) is 81.8 Å². The first-order chi connectivity index (χ1) is 14.4. The number of amides is 4. The average Bonchev–Trinajstić information content (AvgIpc) is 2.97. The number of benzene rings is 2. The Kier molecular flexibility index (Phi) is 6.40. The monoisotopic (exact) mass is 408 g/mol. The van der Waals surface area contributed by atoms with Crippen LogP contribution in [0.3, 0.4) is 0 Å². The summed E-state index contributed by atoms with van der Waals surface area (Å²) in [4.78, 5) is 40.0. The summed E-state index contributed by atoms with van der Waals surface area (Å²) in [6.07, 6.45) is 1.07. The zero-order chi connectivity index (χ0) is 21.7. The van der Waals surface area contributed by atoms with E-state index in [0.717, 1.165) is 29.3 Å². The number of nitrogens with one attached hydrogen (secondary N) is 2. The molecular formula is C23H28N4O3. The number of carbonyl (C=O) groups is 3. The smallest absolute Gasteiger partial charge is 0.344 e. The van der Waals surface area contributed by atoms with E-state index in [1.165, 1.54) is 0 Å². The van der Waals surface area contributed by atoms with Crippen LogP contribution in [0, 0.1) is 0 Å². The Hall–Kier alpha value is -3.35. The lowest BCUT2D eigenvalue weighted by atomic mass is 9.93. The highest BCUT2D eigenvalue weighted by Crippen LogP contribution is 2.23. The van der Waals surface area contributed by atoms with Gasteiger partial charge in [-0.25, -0.2) is 4.79 Å². The molecule has 7 nitrogen and oxygen atoms in total. The molecule has 3 rings (SSSR count). The van der Waals surface area contributed by atoms with Crippen LogP contribution >= 0.6 is 0 Å². The fourth-order valence-electron chi connectivity index (χ4n) is 3.57. The molecule has 1 unspecified atom stereocenters. The van der Waals surface area contributed by atoms with Gasteiger partial charge in [-0.3, -0.25) is 15.0 Å². The lowest BCUT2D eigenvalue weighted by Gasteiger charge is -2.22. The number of rotatable bonds is 8. The van der Waals surface area contributed by atoms with E-state index in [2.05, 4.69) is 29.5 Å². The van der Waals surface area contributed by atoms with Crippen molar-refractivity contribution in [2.75, 3.05) is 18.0 Å². The molecule has 1 atom stereocenters. The van der Waals surface area contributed by atoms with E-state index < -0.39 is 23.4 Å². The molecule has 0 spiro atoms. The van der Waals surface area contributed by atoms with Crippen LogP contribution in [-0.2, 0) is 11.2 Å². The van der Waals surface area contributed by atoms with Crippen molar-refractivity contribution in [3.05, 3.63) is 65.7 Å². The molecule has 0 aromatic heterocycles. The van der Waals surface area contributed by atoms with E-state index in [9.17, 15) is 14.4 Å². The predicted molar refractivity (Wildman–Crippen MR) is 116 cm³/mol. The van der Waals surface area contributed by atoms with Gasteiger partial charge in [0.05, 0.1) is 0 Å². The van der Waals surface area contributed by atoms with Crippen LogP contribution in [0.5, 0.6) is 0 Å². The molecule has 1 saturated heterocycles. The molecular weight excluding hydrogens is 380 g/mol. The van der Waals surface area contributed by atoms with Crippen molar-refractivity contribution in [3.63, 3.8) is 0 Å². The maximum Gasteiger partial charge on any atom is 0.344 e. The molecule has 1 fully saturated rings. The van der Waals surface area contributed by atoms with Crippen LogP contribution in [0.25, 0.3) is 0 Å². The van der Waals surface area contributed by atoms with E-state index in [-0.39, 0.29) is 0 Å². The van der Waals surface area contributed by atoms with Crippen molar-refractivity contribution in [1.29, 1.82) is 0 Å². The number of hydrazine groups is 1. The maximum atomic E-state index is 12.9. The van der Waals surface area contributed by atoms with Crippen LogP contribution in [0.1, 0.15) is 43.1 Å². The minimum absolute atomic E-state index is 0.379. The molecule has 1 aliphatic rings. The SMILES string of the molecule is CCN(CC)c1ccc(C(=O)NN2C(=O)NC(C)(CCc3ccccc3)C2=O)cc1. The molecule has 1 aliphatic heterocycles. The second-order valence-corrected chi connectivity index (χ2v) is 7.55. The highest BCUT2D eigenvalue weighted by Gasteiger charge is 2.48. The summed E-state index contributed by atoms with van der Waals surface area (Å²) in [7, 11) is 0. The predicted octanol–water partition coefficient (Wildman–Crippen LogP) is 3.12. The fourth-order valence-corrected chi connectivity index (χ4v) is 3.57. The zero-order valence-corrected chi connectivity index (χ0v) is 17.6. The lowest BCUT2D eigenvalue weighted by Crippen LogP contribution is -2.48. The van der Waals surface area contributed by atoms with Gasteiger partial charge in [0, 0.05) is 24.3 Å². The van der Waals surface area contributed by atoms with Crippen LogP contribution in [-0.4, -0.2) is 41.5 Å². The molecule has 4 amide bonds. The minimum Gasteiger partial charge on any atom is -0.372 e. The summed E-state index contributed by atoms with van der Waals surface area (Å²) in [6.45, 7) is 7.55. The first-order valence-corrected chi connectivity index (χ1v) is 10.2. The third-order valence-electron chi connectivity index (χ3n) is 5.49. The lowest BCUT2D eigenvalue weighted by molar-refractivity contribution is -0.132. The van der Waals surface area contributed by atoms with E-state index in [1.807, 2.05) is 42.5 Å². The molecule has 0 bridgehead atoms. The number of imide groups is 1. The molecule has 30 heavy (non-hydrogen) atoms. The maximum absolute atomic E-state index is 12.9. The van der Waals surface area contributed by atoms with E-state index in [4.69, 9.17) is 0 Å². The quantitative estimate of drug-likeness (QED) is 0.658. The highest BCUT2D eigenvalue weighted by molar-refractivity contribution is 6.09. The molecule has 0 radical (unpaired) electrons. The van der Waals surface area contributed by atoms with Gasteiger partial charge >= 0.3 is 6.03 Å². The van der Waals surface area contributed by atoms with Gasteiger partial charge in [0.15, 0.2) is 0 Å². The van der Waals surface area contributed by atoms with Gasteiger partial charge in [-0.2, -0.15) is 5.01 Å². The summed E-state index contributed by atoms with van der Waals surface area (Å²) in [5.41, 5.74) is 3.85. The first-order valence-electron chi connectivity index (χ1n) is 10.2. The Morgan fingerprint density at radius 2 is 1.67 bits per heavy atom. The molecule has 0 saturated carbocycles. The molecule has 2 aromatic rings. The first kappa shape index (κ1) is 21.4. The van der Waals surface area contributed by atoms with E-state index in [0.29, 0.717) is 18.4 Å². The number of carbonyl (C=O) groups excluding carboxylic acids is 3.